The van der Waals surface area contributed by atoms with Crippen molar-refractivity contribution in [2.75, 3.05) is 25.9 Å². The monoisotopic (exact) mass is 381 g/mol. The van der Waals surface area contributed by atoms with Crippen LogP contribution in [0.25, 0.3) is 0 Å². The van der Waals surface area contributed by atoms with E-state index in [1.807, 2.05) is 30.3 Å². The molecule has 1 aliphatic carbocycles. The van der Waals surface area contributed by atoms with Crippen LogP contribution in [0, 0.1) is 0 Å². The van der Waals surface area contributed by atoms with Crippen LogP contribution in [0.1, 0.15) is 44.1 Å². The Morgan fingerprint density at radius 1 is 1.12 bits per heavy atom. The van der Waals surface area contributed by atoms with E-state index in [-0.39, 0.29) is 12.1 Å². The highest BCUT2D eigenvalue weighted by molar-refractivity contribution is 7.88. The number of hydrogen-bond acceptors (Lipinski definition) is 3. The van der Waals surface area contributed by atoms with Gasteiger partial charge < -0.3 is 10.6 Å². The molecule has 0 spiro atoms. The number of benzene rings is 1. The lowest BCUT2D eigenvalue weighted by molar-refractivity contribution is 0.231. The molecule has 0 radical (unpaired) electrons. The highest BCUT2D eigenvalue weighted by atomic mass is 32.2. The molecule has 7 heteroatoms. The standard InChI is InChI=1S/C19H31N3O3S/c1-26(24,25)22(15-8-11-17-9-4-2-5-10-17)16-14-20-19(23)21-18-12-6-3-7-13-18/h2,4-5,9-10,18H,3,6-8,11-16H2,1H3,(H2,20,21,23). The molecular weight excluding hydrogens is 350 g/mol. The minimum Gasteiger partial charge on any atom is -0.337 e. The summed E-state index contributed by atoms with van der Waals surface area (Å²) in [6, 6.07) is 10.1. The van der Waals surface area contributed by atoms with Crippen LogP contribution in [0.4, 0.5) is 4.79 Å². The number of nitrogens with one attached hydrogen (secondary N) is 2. The van der Waals surface area contributed by atoms with Gasteiger partial charge in [0.05, 0.1) is 6.26 Å². The lowest BCUT2D eigenvalue weighted by atomic mass is 9.96. The van der Waals surface area contributed by atoms with Crippen molar-refractivity contribution in [1.82, 2.24) is 14.9 Å². The van der Waals surface area contributed by atoms with E-state index in [0.717, 1.165) is 38.5 Å². The van der Waals surface area contributed by atoms with Crippen LogP contribution >= 0.6 is 0 Å². The first-order valence-corrected chi connectivity index (χ1v) is 11.3. The van der Waals surface area contributed by atoms with Crippen LogP contribution in [0.15, 0.2) is 30.3 Å². The summed E-state index contributed by atoms with van der Waals surface area (Å²) < 4.78 is 25.4. The normalized spacial score (nSPS) is 15.8. The third-order valence-electron chi connectivity index (χ3n) is 4.77. The Kier molecular flexibility index (Phi) is 8.38. The van der Waals surface area contributed by atoms with Gasteiger partial charge in [0.1, 0.15) is 0 Å². The zero-order chi connectivity index (χ0) is 18.8. The molecule has 2 rings (SSSR count). The maximum Gasteiger partial charge on any atom is 0.315 e. The van der Waals surface area contributed by atoms with Gasteiger partial charge in [0.15, 0.2) is 0 Å². The van der Waals surface area contributed by atoms with Crippen molar-refractivity contribution < 1.29 is 13.2 Å². The van der Waals surface area contributed by atoms with Gasteiger partial charge >= 0.3 is 6.03 Å². The van der Waals surface area contributed by atoms with Crippen LogP contribution in [-0.4, -0.2) is 50.7 Å². The third-order valence-corrected chi connectivity index (χ3v) is 6.08. The Balaban J connectivity index is 1.70. The average molecular weight is 382 g/mol. The topological polar surface area (TPSA) is 78.5 Å². The van der Waals surface area contributed by atoms with Crippen LogP contribution in [0.5, 0.6) is 0 Å². The van der Waals surface area contributed by atoms with Crippen molar-refractivity contribution in [2.24, 2.45) is 0 Å². The van der Waals surface area contributed by atoms with E-state index < -0.39 is 10.0 Å². The van der Waals surface area contributed by atoms with E-state index in [9.17, 15) is 13.2 Å². The molecule has 0 aliphatic heterocycles. The number of nitrogens with zero attached hydrogens (tertiary/aromatic N) is 1. The molecule has 0 saturated heterocycles. The third kappa shape index (κ3) is 7.74. The van der Waals surface area contributed by atoms with Gasteiger partial charge in [-0.15, -0.1) is 0 Å². The molecule has 146 valence electrons. The lowest BCUT2D eigenvalue weighted by Crippen LogP contribution is -2.45. The van der Waals surface area contributed by atoms with Crippen LogP contribution in [-0.2, 0) is 16.4 Å². The summed E-state index contributed by atoms with van der Waals surface area (Å²) in [6.07, 6.45) is 8.44. The Morgan fingerprint density at radius 2 is 1.81 bits per heavy atom. The molecule has 6 nitrogen and oxygen atoms in total. The maximum atomic E-state index is 12.0. The van der Waals surface area contributed by atoms with Gasteiger partial charge in [-0.05, 0) is 31.2 Å². The van der Waals surface area contributed by atoms with E-state index in [2.05, 4.69) is 10.6 Å². The molecule has 26 heavy (non-hydrogen) atoms. The molecule has 2 amide bonds. The maximum absolute atomic E-state index is 12.0. The largest absolute Gasteiger partial charge is 0.337 e. The lowest BCUT2D eigenvalue weighted by Gasteiger charge is -2.24. The SMILES string of the molecule is CS(=O)(=O)N(CCCc1ccccc1)CCNC(=O)NC1CCCCC1. The number of aryl methyl sites for hydroxylation is 1. The summed E-state index contributed by atoms with van der Waals surface area (Å²) in [5, 5.41) is 5.76. The van der Waals surface area contributed by atoms with Gasteiger partial charge in [-0.25, -0.2) is 17.5 Å². The van der Waals surface area contributed by atoms with Crippen molar-refractivity contribution in [3.8, 4) is 0 Å². The number of rotatable bonds is 9. The molecule has 0 heterocycles. The van der Waals surface area contributed by atoms with Gasteiger partial charge in [0, 0.05) is 25.7 Å². The van der Waals surface area contributed by atoms with Crippen molar-refractivity contribution >= 4 is 16.1 Å². The quantitative estimate of drug-likeness (QED) is 0.690. The van der Waals surface area contributed by atoms with Crippen molar-refractivity contribution in [3.63, 3.8) is 0 Å². The summed E-state index contributed by atoms with van der Waals surface area (Å²) in [6.45, 7) is 1.07. The van der Waals surface area contributed by atoms with Crippen LogP contribution in [0.2, 0.25) is 0 Å². The number of hydrogen-bond donors (Lipinski definition) is 2. The fraction of sp³-hybridized carbons (Fsp3) is 0.632. The first-order valence-electron chi connectivity index (χ1n) is 9.48. The van der Waals surface area contributed by atoms with Gasteiger partial charge in [-0.1, -0.05) is 49.6 Å². The zero-order valence-corrected chi connectivity index (χ0v) is 16.4. The predicted molar refractivity (Wildman–Crippen MR) is 105 cm³/mol. The van der Waals surface area contributed by atoms with Gasteiger partial charge in [0.25, 0.3) is 0 Å². The fourth-order valence-electron chi connectivity index (χ4n) is 3.33. The molecule has 1 fully saturated rings. The van der Waals surface area contributed by atoms with Crippen LogP contribution < -0.4 is 10.6 Å². The summed E-state index contributed by atoms with van der Waals surface area (Å²) in [5.41, 5.74) is 1.20. The number of carbonyl (C=O) groups excluding carboxylic acids is 1. The molecular formula is C19H31N3O3S. The second kappa shape index (κ2) is 10.5. The van der Waals surface area contributed by atoms with E-state index in [1.165, 1.54) is 22.5 Å². The van der Waals surface area contributed by atoms with Gasteiger partial charge in [0.2, 0.25) is 10.0 Å². The molecule has 0 atom stereocenters. The summed E-state index contributed by atoms with van der Waals surface area (Å²) >= 11 is 0. The number of carbonyl (C=O) groups is 1. The molecule has 2 N–H and O–H groups in total. The predicted octanol–water partition coefficient (Wildman–Crippen LogP) is 2.51. The first kappa shape index (κ1) is 20.7. The van der Waals surface area contributed by atoms with Gasteiger partial charge in [-0.3, -0.25) is 0 Å². The second-order valence-corrected chi connectivity index (χ2v) is 8.97. The van der Waals surface area contributed by atoms with Crippen molar-refractivity contribution in [3.05, 3.63) is 35.9 Å². The molecule has 1 aliphatic rings. The van der Waals surface area contributed by atoms with E-state index in [0.29, 0.717) is 19.6 Å². The molecule has 0 aromatic heterocycles. The zero-order valence-electron chi connectivity index (χ0n) is 15.6. The Bertz CT molecular complexity index is 643. The molecule has 0 unspecified atom stereocenters. The average Bonchev–Trinajstić information content (AvgIpc) is 2.61. The minimum absolute atomic E-state index is 0.199. The molecule has 0 bridgehead atoms. The second-order valence-electron chi connectivity index (χ2n) is 6.99. The number of amides is 2. The molecule has 1 aromatic carbocycles. The number of sulfonamides is 1. The van der Waals surface area contributed by atoms with E-state index in [4.69, 9.17) is 0 Å². The van der Waals surface area contributed by atoms with Crippen molar-refractivity contribution in [1.29, 1.82) is 0 Å². The van der Waals surface area contributed by atoms with Crippen LogP contribution in [0.3, 0.4) is 0 Å². The van der Waals surface area contributed by atoms with Crippen molar-refractivity contribution in [2.45, 2.75) is 51.0 Å². The Morgan fingerprint density at radius 3 is 2.46 bits per heavy atom. The smallest absolute Gasteiger partial charge is 0.315 e. The summed E-state index contributed by atoms with van der Waals surface area (Å²) in [4.78, 5) is 12.0. The number of urea groups is 1. The highest BCUT2D eigenvalue weighted by Gasteiger charge is 2.18. The molecule has 1 saturated carbocycles. The fourth-order valence-corrected chi connectivity index (χ4v) is 4.21. The highest BCUT2D eigenvalue weighted by Crippen LogP contribution is 2.17. The van der Waals surface area contributed by atoms with Gasteiger partial charge in [-0.2, -0.15) is 0 Å². The van der Waals surface area contributed by atoms with E-state index in [1.54, 1.807) is 0 Å². The Labute approximate surface area is 157 Å². The summed E-state index contributed by atoms with van der Waals surface area (Å²) in [7, 11) is -3.28. The summed E-state index contributed by atoms with van der Waals surface area (Å²) in [5.74, 6) is 0. The Hall–Kier alpha value is -1.60. The minimum atomic E-state index is -3.28. The molecule has 1 aromatic rings. The van der Waals surface area contributed by atoms with E-state index >= 15 is 0 Å². The first-order chi connectivity index (χ1) is 12.4.